The summed E-state index contributed by atoms with van der Waals surface area (Å²) in [6.07, 6.45) is 1.81. The molecule has 0 aliphatic rings. The van der Waals surface area contributed by atoms with E-state index in [1.807, 2.05) is 72.9 Å². The van der Waals surface area contributed by atoms with Crippen molar-refractivity contribution < 1.29 is 4.42 Å². The van der Waals surface area contributed by atoms with Gasteiger partial charge in [-0.25, -0.2) is 15.0 Å². The molecule has 0 aliphatic carbocycles. The molecule has 0 saturated carbocycles. The zero-order chi connectivity index (χ0) is 29.7. The molecule has 0 N–H and O–H groups in total. The molecule has 0 spiro atoms. The Morgan fingerprint density at radius 3 is 1.91 bits per heavy atom. The van der Waals surface area contributed by atoms with Gasteiger partial charge in [0.05, 0.1) is 5.52 Å². The first-order valence-electron chi connectivity index (χ1n) is 14.9. The zero-order valence-corrected chi connectivity index (χ0v) is 24.1. The second-order valence-corrected chi connectivity index (χ2v) is 11.1. The number of benzene rings is 6. The summed E-state index contributed by atoms with van der Waals surface area (Å²) in [6, 6.07) is 47.6. The summed E-state index contributed by atoms with van der Waals surface area (Å²) in [6.45, 7) is 0. The van der Waals surface area contributed by atoms with Crippen molar-refractivity contribution in [3.63, 3.8) is 0 Å². The third-order valence-corrected chi connectivity index (χ3v) is 8.33. The molecule has 5 heteroatoms. The highest BCUT2D eigenvalue weighted by Crippen LogP contribution is 2.38. The molecule has 0 fully saturated rings. The Bertz CT molecular complexity index is 2540. The van der Waals surface area contributed by atoms with E-state index in [1.54, 1.807) is 0 Å². The molecule has 0 atom stereocenters. The lowest BCUT2D eigenvalue weighted by Gasteiger charge is -2.10. The van der Waals surface area contributed by atoms with Crippen LogP contribution in [-0.2, 0) is 0 Å². The highest BCUT2D eigenvalue weighted by atomic mass is 16.3. The summed E-state index contributed by atoms with van der Waals surface area (Å²) in [4.78, 5) is 19.7. The largest absolute Gasteiger partial charge is 0.456 e. The topological polar surface area (TPSA) is 64.7 Å². The number of hydrogen-bond acceptors (Lipinski definition) is 5. The first-order chi connectivity index (χ1) is 22.3. The van der Waals surface area contributed by atoms with E-state index in [4.69, 9.17) is 19.4 Å². The molecule has 3 heterocycles. The monoisotopic (exact) mass is 576 g/mol. The molecule has 0 aliphatic heterocycles. The van der Waals surface area contributed by atoms with Gasteiger partial charge in [0.1, 0.15) is 11.2 Å². The van der Waals surface area contributed by atoms with E-state index >= 15 is 0 Å². The molecular formula is C40H24N4O. The van der Waals surface area contributed by atoms with Gasteiger partial charge in [-0.1, -0.05) is 103 Å². The van der Waals surface area contributed by atoms with Gasteiger partial charge in [-0.3, -0.25) is 4.98 Å². The van der Waals surface area contributed by atoms with Gasteiger partial charge in [-0.05, 0) is 58.3 Å². The lowest BCUT2D eigenvalue weighted by atomic mass is 10.00. The first-order valence-corrected chi connectivity index (χ1v) is 14.9. The predicted octanol–water partition coefficient (Wildman–Crippen LogP) is 10.1. The molecule has 0 bridgehead atoms. The van der Waals surface area contributed by atoms with Gasteiger partial charge in [0.15, 0.2) is 17.5 Å². The summed E-state index contributed by atoms with van der Waals surface area (Å²) in [7, 11) is 0. The third-order valence-electron chi connectivity index (χ3n) is 8.33. The highest BCUT2D eigenvalue weighted by Gasteiger charge is 2.18. The molecule has 3 aromatic heterocycles. The lowest BCUT2D eigenvalue weighted by molar-refractivity contribution is 0.669. The molecule has 45 heavy (non-hydrogen) atoms. The van der Waals surface area contributed by atoms with Crippen LogP contribution in [-0.4, -0.2) is 19.9 Å². The second kappa shape index (κ2) is 10.2. The van der Waals surface area contributed by atoms with Crippen molar-refractivity contribution in [1.82, 2.24) is 19.9 Å². The Hall–Kier alpha value is -6.20. The van der Waals surface area contributed by atoms with E-state index < -0.39 is 0 Å². The van der Waals surface area contributed by atoms with Gasteiger partial charge in [-0.15, -0.1) is 0 Å². The summed E-state index contributed by atoms with van der Waals surface area (Å²) in [5, 5.41) is 5.26. The van der Waals surface area contributed by atoms with Crippen LogP contribution in [0.5, 0.6) is 0 Å². The minimum atomic E-state index is 0.591. The fraction of sp³-hybridized carbons (Fsp3) is 0. The smallest absolute Gasteiger partial charge is 0.164 e. The Labute approximate surface area is 258 Å². The van der Waals surface area contributed by atoms with Crippen LogP contribution in [0.25, 0.3) is 88.9 Å². The van der Waals surface area contributed by atoms with Crippen molar-refractivity contribution in [2.24, 2.45) is 0 Å². The van der Waals surface area contributed by atoms with Crippen LogP contribution in [0.3, 0.4) is 0 Å². The molecule has 5 nitrogen and oxygen atoms in total. The average Bonchev–Trinajstić information content (AvgIpc) is 3.48. The summed E-state index contributed by atoms with van der Waals surface area (Å²) in [5.74, 6) is 1.82. The standard InChI is InChI=1S/C40H24N4O/c1-3-9-25(10-4-1)27-16-17-29-22-31(19-18-28(29)21-27)39-42-38(26-11-5-2-6-12-26)43-40(44-39)32-14-7-15-35-37(32)33-24-34-30(13-8-20-41-34)23-36(33)45-35/h1-24H. The number of fused-ring (bicyclic) bond motifs is 5. The number of furan rings is 1. The maximum atomic E-state index is 6.34. The number of pyridine rings is 1. The number of hydrogen-bond donors (Lipinski definition) is 0. The number of rotatable bonds is 4. The van der Waals surface area contributed by atoms with Gasteiger partial charge in [-0.2, -0.15) is 0 Å². The normalized spacial score (nSPS) is 11.6. The van der Waals surface area contributed by atoms with Crippen LogP contribution in [0.15, 0.2) is 150 Å². The van der Waals surface area contributed by atoms with Crippen molar-refractivity contribution in [1.29, 1.82) is 0 Å². The van der Waals surface area contributed by atoms with Gasteiger partial charge in [0, 0.05) is 39.0 Å². The maximum Gasteiger partial charge on any atom is 0.164 e. The minimum Gasteiger partial charge on any atom is -0.456 e. The fourth-order valence-electron chi connectivity index (χ4n) is 6.11. The number of nitrogens with zero attached hydrogens (tertiary/aromatic N) is 4. The van der Waals surface area contributed by atoms with Crippen LogP contribution < -0.4 is 0 Å². The van der Waals surface area contributed by atoms with Gasteiger partial charge < -0.3 is 4.42 Å². The Balaban J connectivity index is 1.24. The van der Waals surface area contributed by atoms with Crippen LogP contribution in [0.2, 0.25) is 0 Å². The molecule has 0 radical (unpaired) electrons. The van der Waals surface area contributed by atoms with E-state index in [2.05, 4.69) is 77.8 Å². The summed E-state index contributed by atoms with van der Waals surface area (Å²) < 4.78 is 6.34. The van der Waals surface area contributed by atoms with E-state index in [1.165, 1.54) is 11.1 Å². The maximum absolute atomic E-state index is 6.34. The Morgan fingerprint density at radius 1 is 0.422 bits per heavy atom. The van der Waals surface area contributed by atoms with Crippen LogP contribution in [0.1, 0.15) is 0 Å². The molecule has 0 saturated heterocycles. The molecule has 9 rings (SSSR count). The molecule has 6 aromatic carbocycles. The molecule has 0 unspecified atom stereocenters. The molecule has 0 amide bonds. The van der Waals surface area contributed by atoms with Crippen LogP contribution in [0, 0.1) is 0 Å². The minimum absolute atomic E-state index is 0.591. The Kier molecular flexibility index (Phi) is 5.74. The summed E-state index contributed by atoms with van der Waals surface area (Å²) >= 11 is 0. The molecule has 9 aromatic rings. The van der Waals surface area contributed by atoms with E-state index in [0.29, 0.717) is 17.5 Å². The van der Waals surface area contributed by atoms with Crippen molar-refractivity contribution in [3.8, 4) is 45.3 Å². The number of aromatic nitrogens is 4. The van der Waals surface area contributed by atoms with Crippen molar-refractivity contribution >= 4 is 43.6 Å². The van der Waals surface area contributed by atoms with Crippen molar-refractivity contribution in [3.05, 3.63) is 146 Å². The van der Waals surface area contributed by atoms with Crippen molar-refractivity contribution in [2.45, 2.75) is 0 Å². The Morgan fingerprint density at radius 2 is 1.11 bits per heavy atom. The fourth-order valence-corrected chi connectivity index (χ4v) is 6.11. The molecule has 210 valence electrons. The zero-order valence-electron chi connectivity index (χ0n) is 24.1. The molecular weight excluding hydrogens is 552 g/mol. The van der Waals surface area contributed by atoms with E-state index in [9.17, 15) is 0 Å². The van der Waals surface area contributed by atoms with Crippen LogP contribution in [0.4, 0.5) is 0 Å². The third kappa shape index (κ3) is 4.41. The van der Waals surface area contributed by atoms with Gasteiger partial charge in [0.25, 0.3) is 0 Å². The quantitative estimate of drug-likeness (QED) is 0.209. The van der Waals surface area contributed by atoms with E-state index in [0.717, 1.165) is 60.3 Å². The first kappa shape index (κ1) is 25.3. The lowest BCUT2D eigenvalue weighted by Crippen LogP contribution is -2.00. The highest BCUT2D eigenvalue weighted by molar-refractivity contribution is 6.14. The predicted molar refractivity (Wildman–Crippen MR) is 182 cm³/mol. The van der Waals surface area contributed by atoms with Gasteiger partial charge in [0.2, 0.25) is 0 Å². The van der Waals surface area contributed by atoms with E-state index in [-0.39, 0.29) is 0 Å². The van der Waals surface area contributed by atoms with Crippen LogP contribution >= 0.6 is 0 Å². The SMILES string of the molecule is c1ccc(-c2ccc3cc(-c4nc(-c5ccccc5)nc(-c5cccc6oc7cc8cccnc8cc7c56)n4)ccc3c2)cc1. The van der Waals surface area contributed by atoms with Gasteiger partial charge >= 0.3 is 0 Å². The van der Waals surface area contributed by atoms with Crippen molar-refractivity contribution in [2.75, 3.05) is 0 Å². The second-order valence-electron chi connectivity index (χ2n) is 11.1. The summed E-state index contributed by atoms with van der Waals surface area (Å²) in [5.41, 5.74) is 7.62. The average molecular weight is 577 g/mol.